The summed E-state index contributed by atoms with van der Waals surface area (Å²) in [4.78, 5) is 12.0. The highest BCUT2D eigenvalue weighted by Gasteiger charge is 2.12. The van der Waals surface area contributed by atoms with E-state index in [1.807, 2.05) is 29.8 Å². The molecule has 0 unspecified atom stereocenters. The fourth-order valence-electron chi connectivity index (χ4n) is 1.35. The summed E-state index contributed by atoms with van der Waals surface area (Å²) in [5, 5.41) is 4.24. The highest BCUT2D eigenvalue weighted by atomic mass is 35.5. The number of carbonyl (C=O) groups excluding carboxylic acids is 1. The van der Waals surface area contributed by atoms with E-state index in [0.717, 1.165) is 5.56 Å². The summed E-state index contributed by atoms with van der Waals surface area (Å²) in [6.45, 7) is 1.95. The van der Waals surface area contributed by atoms with Crippen LogP contribution in [0.25, 0.3) is 0 Å². The third-order valence-corrected chi connectivity index (χ3v) is 3.15. The van der Waals surface area contributed by atoms with Crippen LogP contribution in [0.4, 0.5) is 0 Å². The van der Waals surface area contributed by atoms with Crippen molar-refractivity contribution in [1.29, 1.82) is 0 Å². The highest BCUT2D eigenvalue weighted by Crippen LogP contribution is 2.21. The second-order valence-corrected chi connectivity index (χ2v) is 4.51. The molecular weight excluding hydrogens is 228 g/mol. The molecule has 1 nitrogen and oxygen atoms in total. The Balaban J connectivity index is 2.42. The summed E-state index contributed by atoms with van der Waals surface area (Å²) >= 11 is 7.53. The van der Waals surface area contributed by atoms with Gasteiger partial charge in [-0.15, -0.1) is 0 Å². The standard InChI is InChI=1S/C12H9ClOS/c1-8-2-3-10(11(13)6-8)12(14)9-4-5-15-7-9/h2-7H,1H3. The zero-order valence-electron chi connectivity index (χ0n) is 8.16. The van der Waals surface area contributed by atoms with Crippen molar-refractivity contribution in [2.75, 3.05) is 0 Å². The average Bonchev–Trinajstić information content (AvgIpc) is 2.69. The molecule has 1 aromatic carbocycles. The number of rotatable bonds is 2. The van der Waals surface area contributed by atoms with E-state index in [1.165, 1.54) is 11.3 Å². The van der Waals surface area contributed by atoms with Gasteiger partial charge in [0.1, 0.15) is 0 Å². The van der Waals surface area contributed by atoms with Crippen molar-refractivity contribution in [1.82, 2.24) is 0 Å². The van der Waals surface area contributed by atoms with Gasteiger partial charge in [0.05, 0.1) is 5.02 Å². The average molecular weight is 237 g/mol. The monoisotopic (exact) mass is 236 g/mol. The first-order valence-electron chi connectivity index (χ1n) is 4.51. The quantitative estimate of drug-likeness (QED) is 0.722. The minimum absolute atomic E-state index is 0.0127. The summed E-state index contributed by atoms with van der Waals surface area (Å²) in [6, 6.07) is 7.29. The molecule has 0 saturated heterocycles. The number of halogens is 1. The second-order valence-electron chi connectivity index (χ2n) is 3.32. The van der Waals surface area contributed by atoms with Crippen LogP contribution in [0.1, 0.15) is 21.5 Å². The molecule has 3 heteroatoms. The molecule has 76 valence electrons. The summed E-state index contributed by atoms with van der Waals surface area (Å²) < 4.78 is 0. The van der Waals surface area contributed by atoms with Crippen LogP contribution in [0.3, 0.4) is 0 Å². The lowest BCUT2D eigenvalue weighted by Crippen LogP contribution is -2.00. The molecular formula is C12H9ClOS. The fraction of sp³-hybridized carbons (Fsp3) is 0.0833. The van der Waals surface area contributed by atoms with E-state index in [1.54, 1.807) is 12.1 Å². The van der Waals surface area contributed by atoms with Gasteiger partial charge in [0.15, 0.2) is 5.78 Å². The minimum atomic E-state index is -0.0127. The number of ketones is 1. The number of benzene rings is 1. The molecule has 0 bridgehead atoms. The summed E-state index contributed by atoms with van der Waals surface area (Å²) in [5.41, 5.74) is 2.33. The van der Waals surface area contributed by atoms with Gasteiger partial charge in [-0.25, -0.2) is 0 Å². The second kappa shape index (κ2) is 4.17. The maximum atomic E-state index is 12.0. The molecule has 0 radical (unpaired) electrons. The first-order valence-corrected chi connectivity index (χ1v) is 5.83. The maximum absolute atomic E-state index is 12.0. The van der Waals surface area contributed by atoms with Crippen molar-refractivity contribution in [3.05, 3.63) is 56.7 Å². The first-order chi connectivity index (χ1) is 7.18. The van der Waals surface area contributed by atoms with E-state index in [4.69, 9.17) is 11.6 Å². The zero-order valence-corrected chi connectivity index (χ0v) is 9.73. The minimum Gasteiger partial charge on any atom is -0.289 e. The van der Waals surface area contributed by atoms with Crippen molar-refractivity contribution in [2.45, 2.75) is 6.92 Å². The van der Waals surface area contributed by atoms with E-state index < -0.39 is 0 Å². The van der Waals surface area contributed by atoms with Crippen LogP contribution in [0.2, 0.25) is 5.02 Å². The summed E-state index contributed by atoms with van der Waals surface area (Å²) in [6.07, 6.45) is 0. The van der Waals surface area contributed by atoms with Gasteiger partial charge in [0, 0.05) is 16.5 Å². The molecule has 0 spiro atoms. The molecule has 0 fully saturated rings. The van der Waals surface area contributed by atoms with E-state index >= 15 is 0 Å². The van der Waals surface area contributed by atoms with Crippen molar-refractivity contribution in [3.8, 4) is 0 Å². The summed E-state index contributed by atoms with van der Waals surface area (Å²) in [5.74, 6) is -0.0127. The van der Waals surface area contributed by atoms with Crippen LogP contribution in [0.15, 0.2) is 35.0 Å². The lowest BCUT2D eigenvalue weighted by atomic mass is 10.0. The lowest BCUT2D eigenvalue weighted by molar-refractivity contribution is 0.103. The Hall–Kier alpha value is -1.12. The Kier molecular flexibility index (Phi) is 2.89. The molecule has 0 aliphatic heterocycles. The number of aryl methyl sites for hydroxylation is 1. The van der Waals surface area contributed by atoms with Crippen molar-refractivity contribution in [2.24, 2.45) is 0 Å². The summed E-state index contributed by atoms with van der Waals surface area (Å²) in [7, 11) is 0. The van der Waals surface area contributed by atoms with Crippen LogP contribution in [0.5, 0.6) is 0 Å². The van der Waals surface area contributed by atoms with Gasteiger partial charge in [-0.3, -0.25) is 4.79 Å². The Morgan fingerprint density at radius 1 is 1.33 bits per heavy atom. The number of thiophene rings is 1. The molecule has 1 heterocycles. The van der Waals surface area contributed by atoms with Gasteiger partial charge in [-0.1, -0.05) is 17.7 Å². The first kappa shape index (κ1) is 10.4. The number of carbonyl (C=O) groups is 1. The molecule has 2 aromatic rings. The van der Waals surface area contributed by atoms with Crippen LogP contribution in [-0.4, -0.2) is 5.78 Å². The smallest absolute Gasteiger partial charge is 0.195 e. The maximum Gasteiger partial charge on any atom is 0.195 e. The SMILES string of the molecule is Cc1ccc(C(=O)c2ccsc2)c(Cl)c1. The van der Waals surface area contributed by atoms with E-state index in [-0.39, 0.29) is 5.78 Å². The van der Waals surface area contributed by atoms with Gasteiger partial charge in [0.2, 0.25) is 0 Å². The van der Waals surface area contributed by atoms with Crippen molar-refractivity contribution < 1.29 is 4.79 Å². The third kappa shape index (κ3) is 2.11. The molecule has 0 aliphatic carbocycles. The molecule has 2 rings (SSSR count). The molecule has 1 aromatic heterocycles. The molecule has 0 amide bonds. The predicted molar refractivity (Wildman–Crippen MR) is 63.9 cm³/mol. The molecule has 0 N–H and O–H groups in total. The van der Waals surface area contributed by atoms with Crippen LogP contribution in [0, 0.1) is 6.92 Å². The third-order valence-electron chi connectivity index (χ3n) is 2.15. The molecule has 0 saturated carbocycles. The number of hydrogen-bond acceptors (Lipinski definition) is 2. The van der Waals surface area contributed by atoms with Gasteiger partial charge in [-0.05, 0) is 36.1 Å². The van der Waals surface area contributed by atoms with Crippen molar-refractivity contribution >= 4 is 28.7 Å². The van der Waals surface area contributed by atoms with Crippen LogP contribution >= 0.6 is 22.9 Å². The Morgan fingerprint density at radius 3 is 2.73 bits per heavy atom. The number of hydrogen-bond donors (Lipinski definition) is 0. The topological polar surface area (TPSA) is 17.1 Å². The highest BCUT2D eigenvalue weighted by molar-refractivity contribution is 7.08. The van der Waals surface area contributed by atoms with Crippen molar-refractivity contribution in [3.63, 3.8) is 0 Å². The lowest BCUT2D eigenvalue weighted by Gasteiger charge is -2.02. The molecule has 0 aliphatic rings. The van der Waals surface area contributed by atoms with Gasteiger partial charge in [0.25, 0.3) is 0 Å². The van der Waals surface area contributed by atoms with E-state index in [9.17, 15) is 4.79 Å². The predicted octanol–water partition coefficient (Wildman–Crippen LogP) is 3.94. The fourth-order valence-corrected chi connectivity index (χ4v) is 2.31. The van der Waals surface area contributed by atoms with E-state index in [2.05, 4.69) is 0 Å². The van der Waals surface area contributed by atoms with Gasteiger partial charge in [-0.2, -0.15) is 11.3 Å². The van der Waals surface area contributed by atoms with Crippen LogP contribution in [-0.2, 0) is 0 Å². The van der Waals surface area contributed by atoms with E-state index in [0.29, 0.717) is 16.1 Å². The molecule has 0 atom stereocenters. The van der Waals surface area contributed by atoms with Crippen LogP contribution < -0.4 is 0 Å². The Morgan fingerprint density at radius 2 is 2.13 bits per heavy atom. The van der Waals surface area contributed by atoms with Gasteiger partial charge >= 0.3 is 0 Å². The molecule has 15 heavy (non-hydrogen) atoms. The Labute approximate surface area is 97.3 Å². The van der Waals surface area contributed by atoms with Gasteiger partial charge < -0.3 is 0 Å². The zero-order chi connectivity index (χ0) is 10.8. The Bertz CT molecular complexity index is 488. The largest absolute Gasteiger partial charge is 0.289 e. The normalized spacial score (nSPS) is 10.3.